The SMILES string of the molecule is COC(=O)C1(C)OCC(CCCCC(NC(=O)c2cccc(C)c2)C(C)=O)CO1. The normalized spacial score (nSPS) is 22.6. The second kappa shape index (κ2) is 10.5. The van der Waals surface area contributed by atoms with E-state index in [4.69, 9.17) is 9.47 Å². The second-order valence-corrected chi connectivity index (χ2v) is 7.72. The number of esters is 1. The van der Waals surface area contributed by atoms with Gasteiger partial charge in [-0.25, -0.2) is 4.79 Å². The summed E-state index contributed by atoms with van der Waals surface area (Å²) in [4.78, 5) is 36.0. The summed E-state index contributed by atoms with van der Waals surface area (Å²) in [5.74, 6) is -1.96. The van der Waals surface area contributed by atoms with Crippen LogP contribution in [-0.2, 0) is 23.8 Å². The number of unbranched alkanes of at least 4 members (excludes halogenated alkanes) is 1. The third-order valence-corrected chi connectivity index (χ3v) is 5.18. The van der Waals surface area contributed by atoms with Gasteiger partial charge in [-0.1, -0.05) is 30.5 Å². The van der Waals surface area contributed by atoms with Gasteiger partial charge in [0, 0.05) is 18.4 Å². The van der Waals surface area contributed by atoms with Crippen LogP contribution in [0.2, 0.25) is 0 Å². The molecule has 0 aliphatic carbocycles. The van der Waals surface area contributed by atoms with E-state index in [9.17, 15) is 14.4 Å². The van der Waals surface area contributed by atoms with Gasteiger partial charge in [-0.2, -0.15) is 0 Å². The average Bonchev–Trinajstić information content (AvgIpc) is 2.70. The van der Waals surface area contributed by atoms with Crippen molar-refractivity contribution >= 4 is 17.7 Å². The number of hydrogen-bond acceptors (Lipinski definition) is 6. The van der Waals surface area contributed by atoms with E-state index in [1.807, 2.05) is 19.1 Å². The summed E-state index contributed by atoms with van der Waals surface area (Å²) in [5, 5.41) is 2.84. The fourth-order valence-electron chi connectivity index (χ4n) is 3.30. The number of hydrogen-bond donors (Lipinski definition) is 1. The van der Waals surface area contributed by atoms with Crippen LogP contribution in [0, 0.1) is 12.8 Å². The lowest BCUT2D eigenvalue weighted by Crippen LogP contribution is -2.48. The van der Waals surface area contributed by atoms with Gasteiger partial charge in [-0.05, 0) is 38.8 Å². The molecule has 1 amide bonds. The summed E-state index contributed by atoms with van der Waals surface area (Å²) in [6, 6.07) is 6.80. The van der Waals surface area contributed by atoms with Crippen LogP contribution >= 0.6 is 0 Å². The van der Waals surface area contributed by atoms with Gasteiger partial charge in [-0.3, -0.25) is 9.59 Å². The first-order chi connectivity index (χ1) is 13.7. The Morgan fingerprint density at radius 2 is 1.93 bits per heavy atom. The maximum Gasteiger partial charge on any atom is 0.366 e. The molecule has 7 nitrogen and oxygen atoms in total. The Kier molecular flexibility index (Phi) is 8.34. The van der Waals surface area contributed by atoms with Crippen molar-refractivity contribution in [3.05, 3.63) is 35.4 Å². The number of Topliss-reactive ketones (excluding diaryl/α,β-unsaturated/α-hetero) is 1. The molecule has 1 aliphatic rings. The van der Waals surface area contributed by atoms with Crippen LogP contribution in [0.1, 0.15) is 55.5 Å². The van der Waals surface area contributed by atoms with Crippen LogP contribution < -0.4 is 5.32 Å². The number of carbonyl (C=O) groups is 3. The molecule has 29 heavy (non-hydrogen) atoms. The third kappa shape index (κ3) is 6.65. The Morgan fingerprint density at radius 3 is 2.52 bits per heavy atom. The van der Waals surface area contributed by atoms with Crippen LogP contribution in [0.5, 0.6) is 0 Å². The molecule has 0 spiro atoms. The molecule has 0 saturated carbocycles. The molecule has 1 aromatic carbocycles. The number of ether oxygens (including phenoxy) is 3. The van der Waals surface area contributed by atoms with Gasteiger partial charge in [0.1, 0.15) is 0 Å². The lowest BCUT2D eigenvalue weighted by Gasteiger charge is -2.35. The van der Waals surface area contributed by atoms with Crippen LogP contribution in [0.15, 0.2) is 24.3 Å². The van der Waals surface area contributed by atoms with Gasteiger partial charge >= 0.3 is 5.97 Å². The molecule has 1 saturated heterocycles. The molecule has 1 unspecified atom stereocenters. The topological polar surface area (TPSA) is 90.9 Å². The van der Waals surface area contributed by atoms with Crippen LogP contribution in [0.4, 0.5) is 0 Å². The van der Waals surface area contributed by atoms with E-state index >= 15 is 0 Å². The molecule has 1 fully saturated rings. The maximum atomic E-state index is 12.4. The highest BCUT2D eigenvalue weighted by Gasteiger charge is 2.41. The van der Waals surface area contributed by atoms with Crippen molar-refractivity contribution in [1.82, 2.24) is 5.32 Å². The number of aryl methyl sites for hydroxylation is 1. The number of ketones is 1. The smallest absolute Gasteiger partial charge is 0.366 e. The number of benzene rings is 1. The Morgan fingerprint density at radius 1 is 1.24 bits per heavy atom. The summed E-state index contributed by atoms with van der Waals surface area (Å²) >= 11 is 0. The van der Waals surface area contributed by atoms with Crippen molar-refractivity contribution in [2.45, 2.75) is 58.3 Å². The minimum Gasteiger partial charge on any atom is -0.465 e. The van der Waals surface area contributed by atoms with Crippen molar-refractivity contribution in [1.29, 1.82) is 0 Å². The van der Waals surface area contributed by atoms with E-state index in [-0.39, 0.29) is 17.6 Å². The minimum atomic E-state index is -1.33. The molecular weight excluding hydrogens is 374 g/mol. The summed E-state index contributed by atoms with van der Waals surface area (Å²) in [7, 11) is 1.30. The van der Waals surface area contributed by atoms with Crippen molar-refractivity contribution in [3.63, 3.8) is 0 Å². The monoisotopic (exact) mass is 405 g/mol. The molecule has 2 rings (SSSR count). The van der Waals surface area contributed by atoms with E-state index in [1.54, 1.807) is 19.1 Å². The molecule has 1 aromatic rings. The quantitative estimate of drug-likeness (QED) is 0.502. The number of nitrogens with one attached hydrogen (secondary N) is 1. The van der Waals surface area contributed by atoms with Crippen LogP contribution in [-0.4, -0.2) is 49.8 Å². The Balaban J connectivity index is 1.74. The van der Waals surface area contributed by atoms with Gasteiger partial charge in [0.25, 0.3) is 11.7 Å². The number of carbonyl (C=O) groups excluding carboxylic acids is 3. The van der Waals surface area contributed by atoms with Gasteiger partial charge < -0.3 is 19.5 Å². The fourth-order valence-corrected chi connectivity index (χ4v) is 3.30. The first-order valence-electron chi connectivity index (χ1n) is 9.99. The number of amides is 1. The van der Waals surface area contributed by atoms with Crippen LogP contribution in [0.3, 0.4) is 0 Å². The predicted octanol–water partition coefficient (Wildman–Crippen LogP) is 2.80. The summed E-state index contributed by atoms with van der Waals surface area (Å²) in [6.45, 7) is 5.82. The standard InChI is InChI=1S/C22H31NO6/c1-15-8-7-10-18(12-15)20(25)23-19(16(2)24)11-6-5-9-17-13-28-22(3,29-14-17)21(26)27-4/h7-8,10,12,17,19H,5-6,9,11,13-14H2,1-4H3,(H,23,25). The first-order valence-corrected chi connectivity index (χ1v) is 9.99. The molecule has 1 heterocycles. The van der Waals surface area contributed by atoms with Gasteiger partial charge in [0.2, 0.25) is 0 Å². The molecule has 1 aliphatic heterocycles. The van der Waals surface area contributed by atoms with Crippen molar-refractivity contribution < 1.29 is 28.6 Å². The highest BCUT2D eigenvalue weighted by molar-refractivity contribution is 5.97. The van der Waals surface area contributed by atoms with E-state index in [0.717, 1.165) is 24.8 Å². The highest BCUT2D eigenvalue weighted by atomic mass is 16.7. The zero-order chi connectivity index (χ0) is 21.4. The highest BCUT2D eigenvalue weighted by Crippen LogP contribution is 2.25. The largest absolute Gasteiger partial charge is 0.465 e. The van der Waals surface area contributed by atoms with Crippen molar-refractivity contribution in [3.8, 4) is 0 Å². The number of rotatable bonds is 9. The predicted molar refractivity (Wildman–Crippen MR) is 107 cm³/mol. The van der Waals surface area contributed by atoms with E-state index < -0.39 is 17.8 Å². The fraction of sp³-hybridized carbons (Fsp3) is 0.591. The van der Waals surface area contributed by atoms with Gasteiger partial charge in [0.15, 0.2) is 5.78 Å². The van der Waals surface area contributed by atoms with Gasteiger partial charge in [-0.15, -0.1) is 0 Å². The lowest BCUT2D eigenvalue weighted by atomic mass is 9.98. The van der Waals surface area contributed by atoms with Crippen LogP contribution in [0.25, 0.3) is 0 Å². The van der Waals surface area contributed by atoms with E-state index in [1.165, 1.54) is 14.0 Å². The van der Waals surface area contributed by atoms with Crippen molar-refractivity contribution in [2.75, 3.05) is 20.3 Å². The molecular formula is C22H31NO6. The summed E-state index contributed by atoms with van der Waals surface area (Å²) < 4.78 is 15.8. The molecule has 1 N–H and O–H groups in total. The minimum absolute atomic E-state index is 0.0517. The van der Waals surface area contributed by atoms with Gasteiger partial charge in [0.05, 0.1) is 26.4 Å². The summed E-state index contributed by atoms with van der Waals surface area (Å²) in [6.07, 6.45) is 3.11. The zero-order valence-electron chi connectivity index (χ0n) is 17.7. The Bertz CT molecular complexity index is 724. The number of methoxy groups -OCH3 is 1. The molecule has 1 atom stereocenters. The average molecular weight is 405 g/mol. The molecule has 0 radical (unpaired) electrons. The van der Waals surface area contributed by atoms with Crippen molar-refractivity contribution in [2.24, 2.45) is 5.92 Å². The first kappa shape index (κ1) is 23.0. The van der Waals surface area contributed by atoms with E-state index in [2.05, 4.69) is 10.1 Å². The maximum absolute atomic E-state index is 12.4. The molecule has 0 aromatic heterocycles. The Hall–Kier alpha value is -2.25. The molecule has 7 heteroatoms. The van der Waals surface area contributed by atoms with E-state index in [0.29, 0.717) is 25.2 Å². The molecule has 160 valence electrons. The second-order valence-electron chi connectivity index (χ2n) is 7.72. The zero-order valence-corrected chi connectivity index (χ0v) is 17.7. The lowest BCUT2D eigenvalue weighted by molar-refractivity contribution is -0.272. The Labute approximate surface area is 172 Å². The molecule has 0 bridgehead atoms. The third-order valence-electron chi connectivity index (χ3n) is 5.18. The summed E-state index contributed by atoms with van der Waals surface area (Å²) in [5.41, 5.74) is 1.55.